The Morgan fingerprint density at radius 2 is 1.62 bits per heavy atom. The second kappa shape index (κ2) is 19.9. The first-order valence-electron chi connectivity index (χ1n) is 20.5. The lowest BCUT2D eigenvalue weighted by atomic mass is 9.96. The number of ether oxygens (including phenoxy) is 5. The van der Waals surface area contributed by atoms with E-state index in [0.717, 1.165) is 65.4 Å². The van der Waals surface area contributed by atoms with Gasteiger partial charge in [-0.05, 0) is 78.7 Å². The molecule has 3 aromatic heterocycles. The molecular formula is C48H46ClFN6O6S. The summed E-state index contributed by atoms with van der Waals surface area (Å²) in [7, 11) is 5.05. The molecule has 63 heavy (non-hydrogen) atoms. The van der Waals surface area contributed by atoms with E-state index in [1.54, 1.807) is 31.5 Å². The van der Waals surface area contributed by atoms with Crippen LogP contribution in [-0.4, -0.2) is 102 Å². The average molecular weight is 889 g/mol. The number of carbonyl (C=O) groups is 1. The monoisotopic (exact) mass is 888 g/mol. The van der Waals surface area contributed by atoms with E-state index in [-0.39, 0.29) is 24.7 Å². The molecule has 4 aromatic carbocycles. The van der Waals surface area contributed by atoms with Crippen molar-refractivity contribution in [3.63, 3.8) is 0 Å². The summed E-state index contributed by atoms with van der Waals surface area (Å²) < 4.78 is 44.2. The standard InChI is InChI=1S/C48H46ClFN6O6S/c1-30-35(17-18-39(43(30)49)60-26-25-56-23-21-55(2)22-24-56)41-42-46(52-29-53-47(42)63-44(41)31-13-15-33(50)16-14-31)62-40(48(57)59-4)27-32-9-5-7-11-37(32)61-28-34-19-20-51-45(54-34)36-10-6-8-12-38(36)58-3/h5-20,29,40H,21-28H2,1-4H3/t40-/m1/s1. The molecule has 1 fully saturated rings. The van der Waals surface area contributed by atoms with Gasteiger partial charge in [-0.1, -0.05) is 60.1 Å². The minimum absolute atomic E-state index is 0.0832. The number of piperazine rings is 1. The van der Waals surface area contributed by atoms with Crippen LogP contribution in [0.1, 0.15) is 16.8 Å². The number of esters is 1. The van der Waals surface area contributed by atoms with E-state index in [9.17, 15) is 9.18 Å². The highest BCUT2D eigenvalue weighted by atomic mass is 35.5. The van der Waals surface area contributed by atoms with Crippen molar-refractivity contribution in [1.29, 1.82) is 0 Å². The van der Waals surface area contributed by atoms with Crippen LogP contribution in [-0.2, 0) is 22.6 Å². The molecule has 0 spiro atoms. The Morgan fingerprint density at radius 1 is 0.857 bits per heavy atom. The van der Waals surface area contributed by atoms with Gasteiger partial charge in [0, 0.05) is 55.8 Å². The third-order valence-electron chi connectivity index (χ3n) is 11.0. The van der Waals surface area contributed by atoms with Crippen LogP contribution in [0.5, 0.6) is 23.1 Å². The van der Waals surface area contributed by atoms with Gasteiger partial charge in [-0.3, -0.25) is 4.90 Å². The van der Waals surface area contributed by atoms with Gasteiger partial charge in [-0.15, -0.1) is 11.3 Å². The van der Waals surface area contributed by atoms with Crippen molar-refractivity contribution in [1.82, 2.24) is 29.7 Å². The molecule has 0 N–H and O–H groups in total. The third kappa shape index (κ3) is 9.89. The number of hydrogen-bond donors (Lipinski definition) is 0. The maximum atomic E-state index is 14.3. The van der Waals surface area contributed by atoms with Gasteiger partial charge < -0.3 is 28.6 Å². The van der Waals surface area contributed by atoms with Crippen molar-refractivity contribution in [2.24, 2.45) is 0 Å². The van der Waals surface area contributed by atoms with Crippen LogP contribution in [0.3, 0.4) is 0 Å². The number of benzene rings is 4. The molecule has 0 unspecified atom stereocenters. The topological polar surface area (TPSA) is 121 Å². The summed E-state index contributed by atoms with van der Waals surface area (Å²) in [4.78, 5) is 38.1. The molecule has 0 saturated carbocycles. The lowest BCUT2D eigenvalue weighted by molar-refractivity contribution is -0.148. The zero-order valence-electron chi connectivity index (χ0n) is 35.3. The van der Waals surface area contributed by atoms with Crippen LogP contribution in [0.25, 0.3) is 43.2 Å². The van der Waals surface area contributed by atoms with Gasteiger partial charge in [-0.2, -0.15) is 0 Å². The van der Waals surface area contributed by atoms with Crippen molar-refractivity contribution in [2.75, 3.05) is 60.6 Å². The molecule has 8 rings (SSSR count). The summed E-state index contributed by atoms with van der Waals surface area (Å²) in [5, 5.41) is 1.04. The van der Waals surface area contributed by atoms with Crippen molar-refractivity contribution in [3.05, 3.63) is 131 Å². The Hall–Kier alpha value is -6.19. The minimum Gasteiger partial charge on any atom is -0.496 e. The molecule has 12 nitrogen and oxygen atoms in total. The molecule has 1 aliphatic heterocycles. The second-order valence-corrected chi connectivity index (χ2v) is 16.4. The maximum Gasteiger partial charge on any atom is 0.347 e. The average Bonchev–Trinajstić information content (AvgIpc) is 3.70. The Morgan fingerprint density at radius 3 is 2.40 bits per heavy atom. The number of methoxy groups -OCH3 is 2. The van der Waals surface area contributed by atoms with Gasteiger partial charge in [0.05, 0.1) is 35.9 Å². The van der Waals surface area contributed by atoms with Crippen LogP contribution in [0, 0.1) is 12.7 Å². The zero-order chi connectivity index (χ0) is 43.9. The molecule has 324 valence electrons. The largest absolute Gasteiger partial charge is 0.496 e. The van der Waals surface area contributed by atoms with Gasteiger partial charge in [0.1, 0.15) is 47.4 Å². The number of fused-ring (bicyclic) bond motifs is 1. The first-order chi connectivity index (χ1) is 30.7. The number of nitrogens with zero attached hydrogens (tertiary/aromatic N) is 6. The van der Waals surface area contributed by atoms with Crippen LogP contribution >= 0.6 is 22.9 Å². The van der Waals surface area contributed by atoms with E-state index in [1.807, 2.05) is 67.6 Å². The number of carbonyl (C=O) groups excluding carboxylic acids is 1. The van der Waals surface area contributed by atoms with E-state index >= 15 is 0 Å². The number of likely N-dealkylation sites (N-methyl/N-ethyl adjacent to an activating group) is 1. The smallest absolute Gasteiger partial charge is 0.347 e. The van der Waals surface area contributed by atoms with Gasteiger partial charge >= 0.3 is 5.97 Å². The highest BCUT2D eigenvalue weighted by Gasteiger charge is 2.29. The Labute approximate surface area is 374 Å². The lowest BCUT2D eigenvalue weighted by Crippen LogP contribution is -2.45. The number of rotatable bonds is 16. The van der Waals surface area contributed by atoms with E-state index < -0.39 is 12.1 Å². The third-order valence-corrected chi connectivity index (χ3v) is 12.6. The van der Waals surface area contributed by atoms with Crippen LogP contribution in [0.2, 0.25) is 5.02 Å². The summed E-state index contributed by atoms with van der Waals surface area (Å²) in [6.07, 6.45) is 2.02. The Kier molecular flexibility index (Phi) is 13.7. The first kappa shape index (κ1) is 43.5. The number of hydrogen-bond acceptors (Lipinski definition) is 13. The summed E-state index contributed by atoms with van der Waals surface area (Å²) in [6.45, 7) is 7.37. The fourth-order valence-electron chi connectivity index (χ4n) is 7.50. The molecule has 1 aliphatic rings. The molecular weight excluding hydrogens is 843 g/mol. The quantitative estimate of drug-likeness (QED) is 0.0862. The molecule has 0 amide bonds. The van der Waals surface area contributed by atoms with Crippen LogP contribution in [0.4, 0.5) is 4.39 Å². The molecule has 15 heteroatoms. The summed E-state index contributed by atoms with van der Waals surface area (Å²) in [5.41, 5.74) is 5.13. The fraction of sp³-hybridized carbons (Fsp3) is 0.271. The highest BCUT2D eigenvalue weighted by molar-refractivity contribution is 7.22. The van der Waals surface area contributed by atoms with E-state index in [1.165, 1.54) is 36.9 Å². The zero-order valence-corrected chi connectivity index (χ0v) is 36.9. The van der Waals surface area contributed by atoms with Gasteiger partial charge in [0.25, 0.3) is 0 Å². The van der Waals surface area contributed by atoms with Gasteiger partial charge in [0.2, 0.25) is 12.0 Å². The normalized spacial score (nSPS) is 13.7. The predicted octanol–water partition coefficient (Wildman–Crippen LogP) is 8.96. The molecule has 7 aromatic rings. The van der Waals surface area contributed by atoms with E-state index in [2.05, 4.69) is 31.8 Å². The molecule has 0 bridgehead atoms. The van der Waals surface area contributed by atoms with Crippen molar-refractivity contribution >= 4 is 39.1 Å². The number of para-hydroxylation sites is 2. The van der Waals surface area contributed by atoms with Crippen LogP contribution < -0.4 is 18.9 Å². The van der Waals surface area contributed by atoms with Crippen molar-refractivity contribution in [3.8, 4) is 56.1 Å². The molecule has 4 heterocycles. The number of thiophene rings is 1. The number of aromatic nitrogens is 4. The summed E-state index contributed by atoms with van der Waals surface area (Å²) >= 11 is 8.49. The minimum atomic E-state index is -1.14. The van der Waals surface area contributed by atoms with Gasteiger partial charge in [-0.25, -0.2) is 29.1 Å². The SMILES string of the molecule is COC(=O)[C@@H](Cc1ccccc1OCc1ccnc(-c2ccccc2OC)n1)Oc1ncnc2sc(-c3ccc(F)cc3)c(-c3ccc(OCCN4CCN(C)CC4)c(Cl)c3C)c12. The van der Waals surface area contributed by atoms with Crippen molar-refractivity contribution in [2.45, 2.75) is 26.1 Å². The maximum absolute atomic E-state index is 14.3. The van der Waals surface area contributed by atoms with E-state index in [0.29, 0.717) is 56.2 Å². The molecule has 0 radical (unpaired) electrons. The first-order valence-corrected chi connectivity index (χ1v) is 21.7. The number of halogens is 2. The summed E-state index contributed by atoms with van der Waals surface area (Å²) in [5.74, 6) is 1.47. The summed E-state index contributed by atoms with van der Waals surface area (Å²) in [6, 6.07) is 26.8. The van der Waals surface area contributed by atoms with Gasteiger partial charge in [0.15, 0.2) is 5.82 Å². The van der Waals surface area contributed by atoms with Crippen molar-refractivity contribution < 1.29 is 32.9 Å². The second-order valence-electron chi connectivity index (χ2n) is 15.0. The highest BCUT2D eigenvalue weighted by Crippen LogP contribution is 2.49. The Bertz CT molecular complexity index is 2710. The molecule has 1 saturated heterocycles. The predicted molar refractivity (Wildman–Crippen MR) is 242 cm³/mol. The molecule has 1 atom stereocenters. The van der Waals surface area contributed by atoms with Crippen LogP contribution in [0.15, 0.2) is 104 Å². The van der Waals surface area contributed by atoms with E-state index in [4.69, 9.17) is 40.3 Å². The Balaban J connectivity index is 1.09. The lowest BCUT2D eigenvalue weighted by Gasteiger charge is -2.32. The molecule has 0 aliphatic carbocycles. The fourth-order valence-corrected chi connectivity index (χ4v) is 8.87.